The van der Waals surface area contributed by atoms with Gasteiger partial charge in [0, 0.05) is 30.9 Å². The van der Waals surface area contributed by atoms with Crippen molar-refractivity contribution in [3.8, 4) is 0 Å². The number of carbonyl (C=O) groups excluding carboxylic acids is 1. The molecule has 100 valence electrons. The lowest BCUT2D eigenvalue weighted by Crippen LogP contribution is -2.47. The fourth-order valence-corrected chi connectivity index (χ4v) is 2.87. The average molecular weight is 283 g/mol. The fourth-order valence-electron chi connectivity index (χ4n) is 1.90. The molecule has 0 spiro atoms. The summed E-state index contributed by atoms with van der Waals surface area (Å²) < 4.78 is 24.7. The van der Waals surface area contributed by atoms with E-state index in [4.69, 9.17) is 11.6 Å². The van der Waals surface area contributed by atoms with Crippen molar-refractivity contribution < 1.29 is 13.2 Å². The molecule has 0 radical (unpaired) electrons. The van der Waals surface area contributed by atoms with Crippen LogP contribution in [0.5, 0.6) is 0 Å². The van der Waals surface area contributed by atoms with Gasteiger partial charge < -0.3 is 4.90 Å². The molecule has 0 aromatic heterocycles. The van der Waals surface area contributed by atoms with Crippen LogP contribution in [0.15, 0.2) is 0 Å². The summed E-state index contributed by atoms with van der Waals surface area (Å²) in [6.45, 7) is 2.98. The lowest BCUT2D eigenvalue weighted by molar-refractivity contribution is -0.135. The number of rotatable bonds is 4. The lowest BCUT2D eigenvalue weighted by atomic mass is 10.0. The zero-order valence-corrected chi connectivity index (χ0v) is 11.7. The van der Waals surface area contributed by atoms with Gasteiger partial charge in [0.1, 0.15) is 0 Å². The molecule has 1 rings (SSSR count). The van der Waals surface area contributed by atoms with Crippen molar-refractivity contribution in [2.45, 2.75) is 25.8 Å². The SMILES string of the molecule is CC(CCl)C(=O)N1CCC(NS(C)(=O)=O)CC1. The van der Waals surface area contributed by atoms with Crippen molar-refractivity contribution in [1.82, 2.24) is 9.62 Å². The Labute approximate surface area is 108 Å². The van der Waals surface area contributed by atoms with Gasteiger partial charge in [0.2, 0.25) is 15.9 Å². The van der Waals surface area contributed by atoms with Gasteiger partial charge in [0.25, 0.3) is 0 Å². The maximum atomic E-state index is 11.8. The number of nitrogens with one attached hydrogen (secondary N) is 1. The van der Waals surface area contributed by atoms with E-state index < -0.39 is 10.0 Å². The second-order valence-electron chi connectivity index (χ2n) is 4.54. The van der Waals surface area contributed by atoms with Crippen LogP contribution in [-0.4, -0.2) is 50.5 Å². The molecule has 0 aromatic carbocycles. The molecule has 0 aromatic rings. The van der Waals surface area contributed by atoms with Gasteiger partial charge in [0.15, 0.2) is 0 Å². The Morgan fingerprint density at radius 3 is 2.41 bits per heavy atom. The molecule has 0 saturated carbocycles. The summed E-state index contributed by atoms with van der Waals surface area (Å²) in [6.07, 6.45) is 2.47. The van der Waals surface area contributed by atoms with Crippen LogP contribution in [0, 0.1) is 5.92 Å². The van der Waals surface area contributed by atoms with Gasteiger partial charge in [-0.05, 0) is 12.8 Å². The number of hydrogen-bond donors (Lipinski definition) is 1. The lowest BCUT2D eigenvalue weighted by Gasteiger charge is -2.33. The van der Waals surface area contributed by atoms with Crippen LogP contribution < -0.4 is 4.72 Å². The van der Waals surface area contributed by atoms with Crippen molar-refractivity contribution in [1.29, 1.82) is 0 Å². The van der Waals surface area contributed by atoms with Gasteiger partial charge in [-0.15, -0.1) is 11.6 Å². The predicted molar refractivity (Wildman–Crippen MR) is 67.5 cm³/mol. The molecule has 1 heterocycles. The van der Waals surface area contributed by atoms with Gasteiger partial charge in [-0.25, -0.2) is 13.1 Å². The summed E-state index contributed by atoms with van der Waals surface area (Å²) >= 11 is 5.64. The van der Waals surface area contributed by atoms with Crippen LogP contribution >= 0.6 is 11.6 Å². The topological polar surface area (TPSA) is 66.5 Å². The zero-order chi connectivity index (χ0) is 13.1. The molecule has 1 aliphatic heterocycles. The first-order valence-corrected chi connectivity index (χ1v) is 8.08. The Balaban J connectivity index is 2.43. The molecule has 1 amide bonds. The van der Waals surface area contributed by atoms with Gasteiger partial charge in [0.05, 0.1) is 6.26 Å². The van der Waals surface area contributed by atoms with Crippen LogP contribution in [0.1, 0.15) is 19.8 Å². The van der Waals surface area contributed by atoms with E-state index in [0.29, 0.717) is 31.8 Å². The molecule has 1 unspecified atom stereocenters. The summed E-state index contributed by atoms with van der Waals surface area (Å²) in [4.78, 5) is 13.6. The van der Waals surface area contributed by atoms with E-state index in [1.807, 2.05) is 0 Å². The highest BCUT2D eigenvalue weighted by Gasteiger charge is 2.26. The van der Waals surface area contributed by atoms with E-state index in [1.165, 1.54) is 0 Å². The Morgan fingerprint density at radius 2 is 2.00 bits per heavy atom. The smallest absolute Gasteiger partial charge is 0.226 e. The number of nitrogens with zero attached hydrogens (tertiary/aromatic N) is 1. The summed E-state index contributed by atoms with van der Waals surface area (Å²) in [5.74, 6) is 0.203. The quantitative estimate of drug-likeness (QED) is 0.759. The van der Waals surface area contributed by atoms with E-state index in [1.54, 1.807) is 11.8 Å². The number of alkyl halides is 1. The fraction of sp³-hybridized carbons (Fsp3) is 0.900. The highest BCUT2D eigenvalue weighted by atomic mass is 35.5. The average Bonchev–Trinajstić information content (AvgIpc) is 2.26. The molecule has 7 heteroatoms. The van der Waals surface area contributed by atoms with Gasteiger partial charge >= 0.3 is 0 Å². The third kappa shape index (κ3) is 4.81. The number of sulfonamides is 1. The summed E-state index contributed by atoms with van der Waals surface area (Å²) in [5.41, 5.74) is 0. The third-order valence-corrected chi connectivity index (χ3v) is 4.06. The van der Waals surface area contributed by atoms with Crippen LogP contribution in [0.4, 0.5) is 0 Å². The molecule has 17 heavy (non-hydrogen) atoms. The van der Waals surface area contributed by atoms with Crippen LogP contribution in [0.25, 0.3) is 0 Å². The molecule has 5 nitrogen and oxygen atoms in total. The summed E-state index contributed by atoms with van der Waals surface area (Å²) in [7, 11) is -3.16. The van der Waals surface area contributed by atoms with Crippen LogP contribution in [-0.2, 0) is 14.8 Å². The monoisotopic (exact) mass is 282 g/mol. The number of likely N-dealkylation sites (tertiary alicyclic amines) is 1. The Kier molecular flexibility index (Phi) is 5.22. The minimum absolute atomic E-state index is 0.0535. The summed E-state index contributed by atoms with van der Waals surface area (Å²) in [5, 5.41) is 0. The van der Waals surface area contributed by atoms with E-state index in [9.17, 15) is 13.2 Å². The second-order valence-corrected chi connectivity index (χ2v) is 6.63. The van der Waals surface area contributed by atoms with E-state index in [0.717, 1.165) is 6.26 Å². The largest absolute Gasteiger partial charge is 0.342 e. The molecule has 0 bridgehead atoms. The van der Waals surface area contributed by atoms with Gasteiger partial charge in [-0.2, -0.15) is 0 Å². The maximum absolute atomic E-state index is 11.8. The molecule has 1 N–H and O–H groups in total. The van der Waals surface area contributed by atoms with Crippen LogP contribution in [0.3, 0.4) is 0 Å². The van der Waals surface area contributed by atoms with Crippen molar-refractivity contribution in [2.24, 2.45) is 5.92 Å². The number of carbonyl (C=O) groups is 1. The normalized spacial score (nSPS) is 20.3. The van der Waals surface area contributed by atoms with Crippen LogP contribution in [0.2, 0.25) is 0 Å². The standard InChI is InChI=1S/C10H19ClN2O3S/c1-8(7-11)10(14)13-5-3-9(4-6-13)12-17(2,15)16/h8-9,12H,3-7H2,1-2H3. The number of halogens is 1. The molecule has 1 fully saturated rings. The van der Waals surface area contributed by atoms with E-state index >= 15 is 0 Å². The second kappa shape index (κ2) is 6.02. The number of amides is 1. The van der Waals surface area contributed by atoms with Crippen molar-refractivity contribution in [2.75, 3.05) is 25.2 Å². The summed E-state index contributed by atoms with van der Waals surface area (Å²) in [6, 6.07) is -0.0552. The van der Waals surface area contributed by atoms with Crippen molar-refractivity contribution >= 4 is 27.5 Å². The molecule has 1 saturated heterocycles. The first kappa shape index (κ1) is 14.7. The molecule has 1 aliphatic rings. The van der Waals surface area contributed by atoms with Crippen molar-refractivity contribution in [3.63, 3.8) is 0 Å². The molecule has 1 atom stereocenters. The first-order valence-electron chi connectivity index (χ1n) is 5.65. The third-order valence-electron chi connectivity index (χ3n) is 2.84. The highest BCUT2D eigenvalue weighted by molar-refractivity contribution is 7.88. The molecular formula is C10H19ClN2O3S. The highest BCUT2D eigenvalue weighted by Crippen LogP contribution is 2.14. The van der Waals surface area contributed by atoms with Crippen molar-refractivity contribution in [3.05, 3.63) is 0 Å². The molecule has 0 aliphatic carbocycles. The maximum Gasteiger partial charge on any atom is 0.226 e. The molecular weight excluding hydrogens is 264 g/mol. The minimum atomic E-state index is -3.16. The number of piperidine rings is 1. The van der Waals surface area contributed by atoms with E-state index in [-0.39, 0.29) is 17.9 Å². The Bertz CT molecular complexity index is 364. The first-order chi connectivity index (χ1) is 7.83. The van der Waals surface area contributed by atoms with E-state index in [2.05, 4.69) is 4.72 Å². The predicted octanol–water partition coefficient (Wildman–Crippen LogP) is 0.402. The van der Waals surface area contributed by atoms with Gasteiger partial charge in [-0.1, -0.05) is 6.92 Å². The van der Waals surface area contributed by atoms with Gasteiger partial charge in [-0.3, -0.25) is 4.79 Å². The Hall–Kier alpha value is -0.330. The Morgan fingerprint density at radius 1 is 1.47 bits per heavy atom. The zero-order valence-electron chi connectivity index (χ0n) is 10.1. The number of hydrogen-bond acceptors (Lipinski definition) is 3. The minimum Gasteiger partial charge on any atom is -0.342 e.